The minimum atomic E-state index is -5.02. The molecule has 148 valence electrons. The van der Waals surface area contributed by atoms with Gasteiger partial charge in [0, 0.05) is 16.0 Å². The summed E-state index contributed by atoms with van der Waals surface area (Å²) >= 11 is 0. The van der Waals surface area contributed by atoms with Gasteiger partial charge in [-0.05, 0) is 12.1 Å². The highest BCUT2D eigenvalue weighted by Crippen LogP contribution is 2.36. The molecule has 0 aliphatic heterocycles. The Morgan fingerprint density at radius 3 is 1.59 bits per heavy atom. The van der Waals surface area contributed by atoms with Gasteiger partial charge in [-0.25, -0.2) is 0 Å². The maximum Gasteiger partial charge on any atom is 0.417 e. The summed E-state index contributed by atoms with van der Waals surface area (Å²) in [6, 6.07) is 14.2. The summed E-state index contributed by atoms with van der Waals surface area (Å²) in [5.41, 5.74) is -5.34. The van der Waals surface area contributed by atoms with Gasteiger partial charge in [-0.2, -0.15) is 50.0 Å². The molecule has 0 atom stereocenters. The first-order valence-electron chi connectivity index (χ1n) is 8.20. The predicted octanol–water partition coefficient (Wildman–Crippen LogP) is 2.11. The molecule has 0 aliphatic carbocycles. The van der Waals surface area contributed by atoms with Crippen LogP contribution in [0.3, 0.4) is 0 Å². The van der Waals surface area contributed by atoms with E-state index in [0.29, 0.717) is 12.1 Å². The highest BCUT2D eigenvalue weighted by Gasteiger charge is 2.35. The lowest BCUT2D eigenvalue weighted by molar-refractivity contribution is -0.137. The van der Waals surface area contributed by atoms with E-state index in [1.54, 1.807) is 36.4 Å². The molecule has 0 amide bonds. The molecule has 0 radical (unpaired) electrons. The number of rotatable bonds is 1. The van der Waals surface area contributed by atoms with Crippen molar-refractivity contribution in [1.29, 1.82) is 36.8 Å². The van der Waals surface area contributed by atoms with Crippen molar-refractivity contribution in [3.8, 4) is 42.5 Å². The van der Waals surface area contributed by atoms with Crippen LogP contribution in [0, 0.1) is 79.3 Å². The van der Waals surface area contributed by atoms with Gasteiger partial charge < -0.3 is 0 Å². The monoisotopic (exact) mass is 423 g/mol. The summed E-state index contributed by atoms with van der Waals surface area (Å²) < 4.78 is 41.1. The Hall–Kier alpha value is -5.60. The molecule has 0 saturated carbocycles. The van der Waals surface area contributed by atoms with E-state index >= 15 is 0 Å². The maximum absolute atomic E-state index is 13.7. The Bertz CT molecular complexity index is 1570. The second kappa shape index (κ2) is 8.82. The highest BCUT2D eigenvalue weighted by atomic mass is 19.4. The largest absolute Gasteiger partial charge is 0.417 e. The molecule has 10 heteroatoms. The fourth-order valence-corrected chi connectivity index (χ4v) is 2.89. The standard InChI is InChI=1S/C22H4F3N7/c23-22(24,25)21-4-13(6-27)12(5-26)3-17(21)19(10-31)16-2-1-15(14(7-28)8-29)18(9-30)20(16)11-32/h1-4H/b19-16-. The van der Waals surface area contributed by atoms with E-state index in [0.717, 1.165) is 12.1 Å². The average molecular weight is 423 g/mol. The normalized spacial score (nSPS) is 10.6. The number of benzene rings is 2. The van der Waals surface area contributed by atoms with E-state index in [1.165, 1.54) is 6.07 Å². The van der Waals surface area contributed by atoms with Crippen molar-refractivity contribution in [2.45, 2.75) is 6.18 Å². The number of nitrogens with zero attached hydrogens (tertiary/aromatic N) is 7. The molecule has 0 fully saturated rings. The van der Waals surface area contributed by atoms with Crippen LogP contribution in [0.4, 0.5) is 13.2 Å². The summed E-state index contributed by atoms with van der Waals surface area (Å²) in [6.07, 6.45) is -5.02. The molecule has 0 unspecified atom stereocenters. The fourth-order valence-electron chi connectivity index (χ4n) is 2.89. The molecule has 0 heterocycles. The molecule has 0 bridgehead atoms. The van der Waals surface area contributed by atoms with Gasteiger partial charge in [0.15, 0.2) is 0 Å². The smallest absolute Gasteiger partial charge is 0.192 e. The maximum atomic E-state index is 13.7. The van der Waals surface area contributed by atoms with E-state index < -0.39 is 50.7 Å². The molecule has 0 spiro atoms. The Morgan fingerprint density at radius 2 is 1.16 bits per heavy atom. The molecule has 0 saturated heterocycles. The quantitative estimate of drug-likeness (QED) is 0.677. The minimum Gasteiger partial charge on any atom is -0.192 e. The van der Waals surface area contributed by atoms with Gasteiger partial charge in [-0.1, -0.05) is 12.1 Å². The summed E-state index contributed by atoms with van der Waals surface area (Å²) in [7, 11) is 0. The van der Waals surface area contributed by atoms with Crippen LogP contribution in [0.1, 0.15) is 33.4 Å². The van der Waals surface area contributed by atoms with E-state index in [1.807, 2.05) is 0 Å². The lowest BCUT2D eigenvalue weighted by Crippen LogP contribution is -2.23. The Kier molecular flexibility index (Phi) is 6.26. The van der Waals surface area contributed by atoms with Crippen LogP contribution in [-0.2, 0) is 6.18 Å². The van der Waals surface area contributed by atoms with Gasteiger partial charge in [0.05, 0.1) is 33.4 Å². The predicted molar refractivity (Wildman–Crippen MR) is 98.8 cm³/mol. The van der Waals surface area contributed by atoms with Crippen LogP contribution >= 0.6 is 0 Å². The first kappa shape index (κ1) is 22.7. The molecule has 32 heavy (non-hydrogen) atoms. The molecule has 7 nitrogen and oxygen atoms in total. The molecule has 2 rings (SSSR count). The Balaban J connectivity index is 3.27. The van der Waals surface area contributed by atoms with Crippen molar-refractivity contribution in [1.82, 2.24) is 0 Å². The third kappa shape index (κ3) is 3.79. The van der Waals surface area contributed by atoms with Gasteiger partial charge in [0.25, 0.3) is 0 Å². The zero-order valence-electron chi connectivity index (χ0n) is 15.6. The zero-order valence-corrected chi connectivity index (χ0v) is 15.6. The molecular weight excluding hydrogens is 419 g/mol. The molecule has 0 aliphatic rings. The summed E-state index contributed by atoms with van der Waals surface area (Å²) in [5, 5.41) is 64.5. The first-order valence-corrected chi connectivity index (χ1v) is 8.20. The van der Waals surface area contributed by atoms with Crippen LogP contribution < -0.4 is 10.4 Å². The topological polar surface area (TPSA) is 167 Å². The number of hydrogen-bond acceptors (Lipinski definition) is 7. The van der Waals surface area contributed by atoms with Gasteiger partial charge in [0.2, 0.25) is 0 Å². The third-order valence-electron chi connectivity index (χ3n) is 4.28. The van der Waals surface area contributed by atoms with E-state index in [2.05, 4.69) is 0 Å². The number of nitriles is 7. The molecule has 2 aromatic carbocycles. The summed E-state index contributed by atoms with van der Waals surface area (Å²) in [6.45, 7) is 0. The van der Waals surface area contributed by atoms with E-state index in [-0.39, 0.29) is 10.4 Å². The Morgan fingerprint density at radius 1 is 0.656 bits per heavy atom. The van der Waals surface area contributed by atoms with Crippen LogP contribution in [-0.4, -0.2) is 0 Å². The number of hydrogen-bond donors (Lipinski definition) is 0. The van der Waals surface area contributed by atoms with Gasteiger partial charge in [0.1, 0.15) is 48.1 Å². The highest BCUT2D eigenvalue weighted by molar-refractivity contribution is 5.82. The second-order valence-electron chi connectivity index (χ2n) is 5.88. The van der Waals surface area contributed by atoms with Gasteiger partial charge in [-0.15, -0.1) is 0 Å². The minimum absolute atomic E-state index is 0.219. The van der Waals surface area contributed by atoms with Crippen molar-refractivity contribution in [2.24, 2.45) is 0 Å². The van der Waals surface area contributed by atoms with Crippen molar-refractivity contribution in [2.75, 3.05) is 0 Å². The zero-order chi connectivity index (χ0) is 24.1. The third-order valence-corrected chi connectivity index (χ3v) is 4.28. The molecule has 0 N–H and O–H groups in total. The lowest BCUT2D eigenvalue weighted by atomic mass is 9.91. The Labute approximate surface area is 178 Å². The van der Waals surface area contributed by atoms with Crippen molar-refractivity contribution >= 4 is 11.1 Å². The van der Waals surface area contributed by atoms with Crippen LogP contribution in [0.5, 0.6) is 0 Å². The second-order valence-corrected chi connectivity index (χ2v) is 5.88. The fraction of sp³-hybridized carbons (Fsp3) is 0.0455. The average Bonchev–Trinajstić information content (AvgIpc) is 2.79. The van der Waals surface area contributed by atoms with E-state index in [9.17, 15) is 34.2 Å². The van der Waals surface area contributed by atoms with Crippen LogP contribution in [0.25, 0.3) is 11.1 Å². The lowest BCUT2D eigenvalue weighted by Gasteiger charge is -2.14. The van der Waals surface area contributed by atoms with Crippen molar-refractivity contribution < 1.29 is 13.2 Å². The SMILES string of the molecule is N#CC(C#N)=c1cc/c(=C(\C#N)c2cc(C#N)c(C#N)cc2C(F)(F)F)c(C#N)c1C#N. The molecular formula is C22H4F3N7. The van der Waals surface area contributed by atoms with Crippen molar-refractivity contribution in [3.05, 3.63) is 68.1 Å². The van der Waals surface area contributed by atoms with Crippen LogP contribution in [0.2, 0.25) is 0 Å². The number of halogens is 3. The molecule has 0 aromatic heterocycles. The van der Waals surface area contributed by atoms with Crippen molar-refractivity contribution in [3.63, 3.8) is 0 Å². The van der Waals surface area contributed by atoms with E-state index in [4.69, 9.17) is 15.8 Å². The van der Waals surface area contributed by atoms with Crippen LogP contribution in [0.15, 0.2) is 24.3 Å². The van der Waals surface area contributed by atoms with Gasteiger partial charge in [-0.3, -0.25) is 0 Å². The van der Waals surface area contributed by atoms with Gasteiger partial charge >= 0.3 is 6.18 Å². The summed E-state index contributed by atoms with van der Waals surface area (Å²) in [4.78, 5) is 0. The number of alkyl halides is 3. The summed E-state index contributed by atoms with van der Waals surface area (Å²) in [5.74, 6) is 0. The first-order chi connectivity index (χ1) is 15.2. The molecule has 2 aromatic rings.